The number of aromatic nitrogens is 1. The average molecular weight is 467 g/mol. The van der Waals surface area contributed by atoms with E-state index in [1.54, 1.807) is 0 Å². The Bertz CT molecular complexity index is 1850. The zero-order valence-electron chi connectivity index (χ0n) is 19.1. The molecular weight excluding hydrogens is 444 g/mol. The Morgan fingerprint density at radius 3 is 2.03 bits per heavy atom. The second kappa shape index (κ2) is 7.93. The van der Waals surface area contributed by atoms with Gasteiger partial charge in [0.05, 0.1) is 23.3 Å². The van der Waals surface area contributed by atoms with Crippen LogP contribution in [0.15, 0.2) is 114 Å². The Labute approximate surface area is 207 Å². The lowest BCUT2D eigenvalue weighted by Gasteiger charge is -2.15. The highest BCUT2D eigenvalue weighted by molar-refractivity contribution is 7.26. The molecule has 0 bridgehead atoms. The molecule has 0 N–H and O–H groups in total. The summed E-state index contributed by atoms with van der Waals surface area (Å²) in [5, 5.41) is 5.13. The smallest absolute Gasteiger partial charge is 0.0646 e. The van der Waals surface area contributed by atoms with Crippen LogP contribution in [0.5, 0.6) is 0 Å². The molecule has 0 fully saturated rings. The molecule has 0 spiro atoms. The van der Waals surface area contributed by atoms with Crippen LogP contribution >= 0.6 is 11.3 Å². The van der Waals surface area contributed by atoms with Crippen LogP contribution in [-0.4, -0.2) is 11.3 Å². The molecule has 2 heterocycles. The molecular formula is C32H22N2S. The first-order chi connectivity index (χ1) is 17.3. The fourth-order valence-corrected chi connectivity index (χ4v) is 6.57. The number of hydrogen-bond donors (Lipinski definition) is 0. The first-order valence-electron chi connectivity index (χ1n) is 11.8. The first kappa shape index (κ1) is 20.2. The van der Waals surface area contributed by atoms with E-state index in [1.807, 2.05) is 11.3 Å². The third-order valence-electron chi connectivity index (χ3n) is 6.87. The summed E-state index contributed by atoms with van der Waals surface area (Å²) in [5.41, 5.74) is 7.26. The highest BCUT2D eigenvalue weighted by Gasteiger charge is 2.17. The molecule has 2 nitrogen and oxygen atoms in total. The summed E-state index contributed by atoms with van der Waals surface area (Å²) in [6, 6.07) is 39.4. The normalized spacial score (nSPS) is 11.7. The number of nitrogens with zero attached hydrogens (tertiary/aromatic N) is 2. The molecule has 3 heteroatoms. The number of benzene rings is 5. The Morgan fingerprint density at radius 2 is 1.29 bits per heavy atom. The van der Waals surface area contributed by atoms with Crippen molar-refractivity contribution in [1.82, 2.24) is 4.57 Å². The largest absolute Gasteiger partial charge is 0.309 e. The molecule has 0 saturated heterocycles. The Balaban J connectivity index is 1.57. The van der Waals surface area contributed by atoms with Crippen LogP contribution in [0.3, 0.4) is 0 Å². The van der Waals surface area contributed by atoms with Crippen molar-refractivity contribution in [2.75, 3.05) is 0 Å². The third-order valence-corrected chi connectivity index (χ3v) is 8.14. The predicted octanol–water partition coefficient (Wildman–Crippen LogP) is 9.02. The van der Waals surface area contributed by atoms with Crippen molar-refractivity contribution in [2.24, 2.45) is 4.99 Å². The second-order valence-corrected chi connectivity index (χ2v) is 9.93. The lowest BCUT2D eigenvalue weighted by molar-refractivity contribution is 1.10. The maximum Gasteiger partial charge on any atom is 0.0646 e. The van der Waals surface area contributed by atoms with E-state index in [0.717, 1.165) is 0 Å². The van der Waals surface area contributed by atoms with Crippen LogP contribution in [0.1, 0.15) is 5.56 Å². The number of thiophene rings is 1. The SMILES string of the molecule is C=NCc1cc(-c2ccccc2-n2c3ccccc3c3ccccc32)cc2c1sc1ccccc12. The Morgan fingerprint density at radius 1 is 0.657 bits per heavy atom. The van der Waals surface area contributed by atoms with Crippen molar-refractivity contribution in [3.63, 3.8) is 0 Å². The highest BCUT2D eigenvalue weighted by Crippen LogP contribution is 2.41. The van der Waals surface area contributed by atoms with E-state index >= 15 is 0 Å². The number of hydrogen-bond acceptors (Lipinski definition) is 2. The van der Waals surface area contributed by atoms with Crippen molar-refractivity contribution in [1.29, 1.82) is 0 Å². The van der Waals surface area contributed by atoms with Gasteiger partial charge in [-0.05, 0) is 54.2 Å². The van der Waals surface area contributed by atoms with Gasteiger partial charge in [-0.15, -0.1) is 11.3 Å². The summed E-state index contributed by atoms with van der Waals surface area (Å²) in [4.78, 5) is 4.27. The maximum atomic E-state index is 4.27. The van der Waals surface area contributed by atoms with E-state index in [9.17, 15) is 0 Å². The first-order valence-corrected chi connectivity index (χ1v) is 12.6. The summed E-state index contributed by atoms with van der Waals surface area (Å²) in [7, 11) is 0. The molecule has 35 heavy (non-hydrogen) atoms. The lowest BCUT2D eigenvalue weighted by Crippen LogP contribution is -1.97. The fourth-order valence-electron chi connectivity index (χ4n) is 5.39. The number of aliphatic imine (C=N–C) groups is 1. The van der Waals surface area contributed by atoms with Crippen molar-refractivity contribution in [3.8, 4) is 16.8 Å². The predicted molar refractivity (Wildman–Crippen MR) is 152 cm³/mol. The van der Waals surface area contributed by atoms with Crippen LogP contribution in [0.25, 0.3) is 58.8 Å². The number of rotatable bonds is 4. The molecule has 0 atom stereocenters. The van der Waals surface area contributed by atoms with Crippen LogP contribution < -0.4 is 0 Å². The molecule has 7 aromatic rings. The summed E-state index contributed by atoms with van der Waals surface area (Å²) >= 11 is 1.84. The summed E-state index contributed by atoms with van der Waals surface area (Å²) in [5.74, 6) is 0. The van der Waals surface area contributed by atoms with Crippen LogP contribution in [0.4, 0.5) is 0 Å². The van der Waals surface area contributed by atoms with Gasteiger partial charge in [-0.25, -0.2) is 0 Å². The quantitative estimate of drug-likeness (QED) is 0.230. The molecule has 0 aliphatic carbocycles. The van der Waals surface area contributed by atoms with Gasteiger partial charge in [0.25, 0.3) is 0 Å². The number of fused-ring (bicyclic) bond motifs is 6. The topological polar surface area (TPSA) is 17.3 Å². The van der Waals surface area contributed by atoms with Crippen molar-refractivity contribution >= 4 is 60.0 Å². The molecule has 2 aromatic heterocycles. The molecule has 0 unspecified atom stereocenters. The second-order valence-electron chi connectivity index (χ2n) is 8.88. The number of para-hydroxylation sites is 3. The lowest BCUT2D eigenvalue weighted by atomic mass is 9.98. The van der Waals surface area contributed by atoms with Gasteiger partial charge in [-0.3, -0.25) is 4.99 Å². The Kier molecular flexibility index (Phi) is 4.58. The summed E-state index contributed by atoms with van der Waals surface area (Å²) in [6.07, 6.45) is 0. The zero-order valence-corrected chi connectivity index (χ0v) is 19.9. The van der Waals surface area contributed by atoms with Crippen molar-refractivity contribution in [3.05, 3.63) is 115 Å². The molecule has 166 valence electrons. The van der Waals surface area contributed by atoms with Crippen LogP contribution in [-0.2, 0) is 6.54 Å². The van der Waals surface area contributed by atoms with Gasteiger partial charge in [0, 0.05) is 36.5 Å². The third kappa shape index (κ3) is 3.05. The molecule has 0 aliphatic rings. The van der Waals surface area contributed by atoms with E-state index in [-0.39, 0.29) is 0 Å². The van der Waals surface area contributed by atoms with Crippen LogP contribution in [0, 0.1) is 0 Å². The van der Waals surface area contributed by atoms with E-state index in [0.29, 0.717) is 6.54 Å². The van der Waals surface area contributed by atoms with Gasteiger partial charge in [0.15, 0.2) is 0 Å². The van der Waals surface area contributed by atoms with Gasteiger partial charge in [-0.2, -0.15) is 0 Å². The fraction of sp³-hybridized carbons (Fsp3) is 0.0312. The maximum absolute atomic E-state index is 4.27. The molecule has 5 aromatic carbocycles. The summed E-state index contributed by atoms with van der Waals surface area (Å²) in [6.45, 7) is 4.40. The van der Waals surface area contributed by atoms with E-state index < -0.39 is 0 Å². The van der Waals surface area contributed by atoms with Gasteiger partial charge < -0.3 is 4.57 Å². The van der Waals surface area contributed by atoms with E-state index in [2.05, 4.69) is 125 Å². The minimum absolute atomic E-state index is 0.606. The average Bonchev–Trinajstić information content (AvgIpc) is 3.45. The molecule has 0 radical (unpaired) electrons. The highest BCUT2D eigenvalue weighted by atomic mass is 32.1. The van der Waals surface area contributed by atoms with Crippen molar-refractivity contribution in [2.45, 2.75) is 6.54 Å². The van der Waals surface area contributed by atoms with Gasteiger partial charge in [0.2, 0.25) is 0 Å². The van der Waals surface area contributed by atoms with Gasteiger partial charge >= 0.3 is 0 Å². The Hall–Kier alpha value is -4.21. The molecule has 0 saturated carbocycles. The molecule has 0 aliphatic heterocycles. The van der Waals surface area contributed by atoms with Crippen molar-refractivity contribution < 1.29 is 0 Å². The van der Waals surface area contributed by atoms with E-state index in [1.165, 1.54) is 64.4 Å². The zero-order chi connectivity index (χ0) is 23.4. The minimum Gasteiger partial charge on any atom is -0.309 e. The molecule has 0 amide bonds. The monoisotopic (exact) mass is 466 g/mol. The minimum atomic E-state index is 0.606. The van der Waals surface area contributed by atoms with Gasteiger partial charge in [0.1, 0.15) is 0 Å². The van der Waals surface area contributed by atoms with E-state index in [4.69, 9.17) is 0 Å². The van der Waals surface area contributed by atoms with Crippen LogP contribution in [0.2, 0.25) is 0 Å². The van der Waals surface area contributed by atoms with Gasteiger partial charge in [-0.1, -0.05) is 72.8 Å². The summed E-state index contributed by atoms with van der Waals surface area (Å²) < 4.78 is 5.01. The molecule has 7 rings (SSSR count). The standard InChI is InChI=1S/C32H22N2S/c1-33-20-22-18-21(19-27-26-13-5-9-17-31(26)35-32(22)27)23-10-2-6-14-28(23)34-29-15-7-3-11-24(29)25-12-4-8-16-30(25)34/h2-19H,1,20H2.